The Balaban J connectivity index is 2.33. The minimum Gasteiger partial charge on any atom is -0.492 e. The van der Waals surface area contributed by atoms with Gasteiger partial charge in [0.1, 0.15) is 12.4 Å². The number of hydrogen-bond acceptors (Lipinski definition) is 3. The van der Waals surface area contributed by atoms with E-state index in [1.807, 2.05) is 42.6 Å². The van der Waals surface area contributed by atoms with Gasteiger partial charge in [0.25, 0.3) is 0 Å². The fourth-order valence-corrected chi connectivity index (χ4v) is 1.52. The summed E-state index contributed by atoms with van der Waals surface area (Å²) in [6.45, 7) is 1.04. The topological polar surface area (TPSA) is 48.1 Å². The summed E-state index contributed by atoms with van der Waals surface area (Å²) in [7, 11) is 0. The molecule has 1 aromatic heterocycles. The highest BCUT2D eigenvalue weighted by molar-refractivity contribution is 5.69. The number of para-hydroxylation sites is 1. The van der Waals surface area contributed by atoms with Gasteiger partial charge in [-0.1, -0.05) is 24.3 Å². The summed E-state index contributed by atoms with van der Waals surface area (Å²) in [5.74, 6) is 0.848. The molecule has 0 aliphatic rings. The Labute approximate surface area is 94.9 Å². The summed E-state index contributed by atoms with van der Waals surface area (Å²) in [6, 6.07) is 11.8. The number of rotatable bonds is 4. The van der Waals surface area contributed by atoms with Crippen LogP contribution in [0.3, 0.4) is 0 Å². The molecule has 16 heavy (non-hydrogen) atoms. The maximum absolute atomic E-state index is 5.59. The molecular formula is C13H14N2O. The smallest absolute Gasteiger partial charge is 0.127 e. The number of nitrogens with zero attached hydrogens (tertiary/aromatic N) is 1. The van der Waals surface area contributed by atoms with Gasteiger partial charge in [-0.3, -0.25) is 4.98 Å². The van der Waals surface area contributed by atoms with Crippen molar-refractivity contribution >= 4 is 0 Å². The van der Waals surface area contributed by atoms with Gasteiger partial charge in [-0.15, -0.1) is 0 Å². The molecular weight excluding hydrogens is 200 g/mol. The summed E-state index contributed by atoms with van der Waals surface area (Å²) < 4.78 is 5.59. The minimum absolute atomic E-state index is 0.515. The lowest BCUT2D eigenvalue weighted by atomic mass is 10.1. The van der Waals surface area contributed by atoms with Crippen LogP contribution >= 0.6 is 0 Å². The van der Waals surface area contributed by atoms with Crippen LogP contribution in [0.1, 0.15) is 0 Å². The molecule has 2 aromatic rings. The van der Waals surface area contributed by atoms with Crippen LogP contribution in [-0.2, 0) is 0 Å². The van der Waals surface area contributed by atoms with E-state index in [2.05, 4.69) is 4.98 Å². The molecule has 3 nitrogen and oxygen atoms in total. The van der Waals surface area contributed by atoms with E-state index in [0.717, 1.165) is 16.9 Å². The molecule has 0 radical (unpaired) electrons. The van der Waals surface area contributed by atoms with Crippen molar-refractivity contribution in [2.75, 3.05) is 13.2 Å². The van der Waals surface area contributed by atoms with E-state index in [-0.39, 0.29) is 0 Å². The van der Waals surface area contributed by atoms with E-state index in [4.69, 9.17) is 10.5 Å². The van der Waals surface area contributed by atoms with Gasteiger partial charge in [0.05, 0.1) is 0 Å². The van der Waals surface area contributed by atoms with Crippen LogP contribution in [0.2, 0.25) is 0 Å². The van der Waals surface area contributed by atoms with Gasteiger partial charge in [0.2, 0.25) is 0 Å². The van der Waals surface area contributed by atoms with Crippen molar-refractivity contribution in [1.29, 1.82) is 0 Å². The molecule has 0 bridgehead atoms. The molecule has 0 amide bonds. The molecule has 3 heteroatoms. The van der Waals surface area contributed by atoms with E-state index in [1.54, 1.807) is 6.20 Å². The van der Waals surface area contributed by atoms with Crippen molar-refractivity contribution in [3.63, 3.8) is 0 Å². The molecule has 0 fully saturated rings. The van der Waals surface area contributed by atoms with Crippen LogP contribution in [0.5, 0.6) is 5.75 Å². The van der Waals surface area contributed by atoms with Crippen molar-refractivity contribution < 1.29 is 4.74 Å². The molecule has 0 aliphatic carbocycles. The Morgan fingerprint density at radius 3 is 2.75 bits per heavy atom. The second kappa shape index (κ2) is 5.28. The summed E-state index contributed by atoms with van der Waals surface area (Å²) in [5, 5.41) is 0. The highest BCUT2D eigenvalue weighted by atomic mass is 16.5. The first-order chi connectivity index (χ1) is 7.92. The molecule has 2 N–H and O–H groups in total. The van der Waals surface area contributed by atoms with Gasteiger partial charge < -0.3 is 10.5 Å². The molecule has 0 unspecified atom stereocenters. The zero-order valence-corrected chi connectivity index (χ0v) is 8.97. The first kappa shape index (κ1) is 10.6. The predicted molar refractivity (Wildman–Crippen MR) is 64.2 cm³/mol. The van der Waals surface area contributed by atoms with Crippen molar-refractivity contribution in [2.45, 2.75) is 0 Å². The second-order valence-corrected chi connectivity index (χ2v) is 3.37. The standard InChI is InChI=1S/C13H14N2O/c14-7-9-16-13-6-2-1-5-12(13)11-4-3-8-15-10-11/h1-6,8,10H,7,9,14H2. The third kappa shape index (κ3) is 2.38. The zero-order valence-electron chi connectivity index (χ0n) is 8.97. The largest absolute Gasteiger partial charge is 0.492 e. The molecule has 0 aliphatic heterocycles. The van der Waals surface area contributed by atoms with E-state index in [1.165, 1.54) is 0 Å². The van der Waals surface area contributed by atoms with Crippen LogP contribution in [0.4, 0.5) is 0 Å². The average Bonchev–Trinajstić information content (AvgIpc) is 2.38. The maximum Gasteiger partial charge on any atom is 0.127 e. The Kier molecular flexibility index (Phi) is 3.51. The molecule has 0 atom stereocenters. The summed E-state index contributed by atoms with van der Waals surface area (Å²) in [5.41, 5.74) is 7.52. The lowest BCUT2D eigenvalue weighted by Crippen LogP contribution is -2.10. The third-order valence-corrected chi connectivity index (χ3v) is 2.24. The fraction of sp³-hybridized carbons (Fsp3) is 0.154. The molecule has 82 valence electrons. The van der Waals surface area contributed by atoms with Crippen LogP contribution in [0.15, 0.2) is 48.8 Å². The van der Waals surface area contributed by atoms with Crippen molar-refractivity contribution in [2.24, 2.45) is 5.73 Å². The molecule has 1 aromatic carbocycles. The quantitative estimate of drug-likeness (QED) is 0.847. The second-order valence-electron chi connectivity index (χ2n) is 3.37. The Hall–Kier alpha value is -1.87. The summed E-state index contributed by atoms with van der Waals surface area (Å²) in [6.07, 6.45) is 3.58. The summed E-state index contributed by atoms with van der Waals surface area (Å²) >= 11 is 0. The molecule has 0 saturated heterocycles. The zero-order chi connectivity index (χ0) is 11.2. The number of benzene rings is 1. The number of hydrogen-bond donors (Lipinski definition) is 1. The van der Waals surface area contributed by atoms with Gasteiger partial charge in [-0.25, -0.2) is 0 Å². The van der Waals surface area contributed by atoms with E-state index < -0.39 is 0 Å². The minimum atomic E-state index is 0.515. The van der Waals surface area contributed by atoms with Gasteiger partial charge in [-0.05, 0) is 12.1 Å². The molecule has 1 heterocycles. The van der Waals surface area contributed by atoms with Crippen LogP contribution in [-0.4, -0.2) is 18.1 Å². The van der Waals surface area contributed by atoms with E-state index in [0.29, 0.717) is 13.2 Å². The predicted octanol–water partition coefficient (Wildman–Crippen LogP) is 2.09. The van der Waals surface area contributed by atoms with Gasteiger partial charge in [0.15, 0.2) is 0 Å². The molecule has 0 saturated carbocycles. The molecule has 2 rings (SSSR count). The van der Waals surface area contributed by atoms with E-state index in [9.17, 15) is 0 Å². The van der Waals surface area contributed by atoms with Crippen molar-refractivity contribution in [3.8, 4) is 16.9 Å². The lowest BCUT2D eigenvalue weighted by molar-refractivity contribution is 0.329. The van der Waals surface area contributed by atoms with E-state index >= 15 is 0 Å². The maximum atomic E-state index is 5.59. The number of nitrogens with two attached hydrogens (primary N) is 1. The average molecular weight is 214 g/mol. The number of ether oxygens (including phenoxy) is 1. The van der Waals surface area contributed by atoms with Crippen molar-refractivity contribution in [3.05, 3.63) is 48.8 Å². The first-order valence-electron chi connectivity index (χ1n) is 5.24. The SMILES string of the molecule is NCCOc1ccccc1-c1cccnc1. The normalized spacial score (nSPS) is 10.1. The number of aromatic nitrogens is 1. The third-order valence-electron chi connectivity index (χ3n) is 2.24. The van der Waals surface area contributed by atoms with Gasteiger partial charge in [0, 0.05) is 30.1 Å². The molecule has 0 spiro atoms. The lowest BCUT2D eigenvalue weighted by Gasteiger charge is -2.10. The fourth-order valence-electron chi connectivity index (χ4n) is 1.52. The Morgan fingerprint density at radius 1 is 1.12 bits per heavy atom. The highest BCUT2D eigenvalue weighted by Crippen LogP contribution is 2.28. The Bertz CT molecular complexity index is 443. The first-order valence-corrected chi connectivity index (χ1v) is 5.24. The van der Waals surface area contributed by atoms with Crippen LogP contribution in [0, 0.1) is 0 Å². The van der Waals surface area contributed by atoms with Gasteiger partial charge >= 0.3 is 0 Å². The number of pyridine rings is 1. The van der Waals surface area contributed by atoms with Gasteiger partial charge in [-0.2, -0.15) is 0 Å². The van der Waals surface area contributed by atoms with Crippen LogP contribution < -0.4 is 10.5 Å². The highest BCUT2D eigenvalue weighted by Gasteiger charge is 2.04. The monoisotopic (exact) mass is 214 g/mol. The summed E-state index contributed by atoms with van der Waals surface area (Å²) in [4.78, 5) is 4.10. The van der Waals surface area contributed by atoms with Crippen LogP contribution in [0.25, 0.3) is 11.1 Å². The Morgan fingerprint density at radius 2 is 2.00 bits per heavy atom. The van der Waals surface area contributed by atoms with Crippen molar-refractivity contribution in [1.82, 2.24) is 4.98 Å².